The first-order valence-electron chi connectivity index (χ1n) is 7.79. The van der Waals surface area contributed by atoms with E-state index in [2.05, 4.69) is 6.92 Å². The lowest BCUT2D eigenvalue weighted by Crippen LogP contribution is -2.40. The van der Waals surface area contributed by atoms with Crippen LogP contribution in [0.3, 0.4) is 0 Å². The van der Waals surface area contributed by atoms with E-state index >= 15 is 0 Å². The van der Waals surface area contributed by atoms with Crippen molar-refractivity contribution < 1.29 is 9.53 Å². The molecule has 21 heavy (non-hydrogen) atoms. The Morgan fingerprint density at radius 1 is 1.24 bits per heavy atom. The summed E-state index contributed by atoms with van der Waals surface area (Å²) in [6, 6.07) is 7.75. The van der Waals surface area contributed by atoms with Gasteiger partial charge in [-0.25, -0.2) is 0 Å². The molecule has 0 radical (unpaired) electrons. The van der Waals surface area contributed by atoms with Gasteiger partial charge >= 0.3 is 0 Å². The van der Waals surface area contributed by atoms with Crippen LogP contribution in [0.5, 0.6) is 5.75 Å². The standard InChI is InChI=1S/C17H28N2O2/c1-4-5-6-11-19(14(2)3)17(20)13-21-16-9-7-15(12-18)8-10-16/h7-10,14H,4-6,11-13,18H2,1-3H3. The van der Waals surface area contributed by atoms with E-state index in [0.717, 1.165) is 31.4 Å². The highest BCUT2D eigenvalue weighted by Crippen LogP contribution is 2.12. The maximum atomic E-state index is 12.3. The number of carbonyl (C=O) groups is 1. The van der Waals surface area contributed by atoms with Gasteiger partial charge in [0, 0.05) is 19.1 Å². The fourth-order valence-electron chi connectivity index (χ4n) is 2.15. The maximum Gasteiger partial charge on any atom is 0.260 e. The fourth-order valence-corrected chi connectivity index (χ4v) is 2.15. The second kappa shape index (κ2) is 9.40. The van der Waals surface area contributed by atoms with Crippen molar-refractivity contribution in [2.45, 2.75) is 52.6 Å². The molecule has 0 saturated heterocycles. The minimum absolute atomic E-state index is 0.0454. The lowest BCUT2D eigenvalue weighted by atomic mass is 10.2. The Hall–Kier alpha value is -1.55. The molecule has 0 unspecified atom stereocenters. The summed E-state index contributed by atoms with van der Waals surface area (Å²) in [7, 11) is 0. The number of unbranched alkanes of at least 4 members (excludes halogenated alkanes) is 2. The average molecular weight is 292 g/mol. The van der Waals surface area contributed by atoms with Crippen LogP contribution in [0.15, 0.2) is 24.3 Å². The summed E-state index contributed by atoms with van der Waals surface area (Å²) < 4.78 is 5.57. The topological polar surface area (TPSA) is 55.6 Å². The second-order valence-electron chi connectivity index (χ2n) is 5.52. The van der Waals surface area contributed by atoms with Gasteiger partial charge in [-0.1, -0.05) is 31.9 Å². The van der Waals surface area contributed by atoms with E-state index in [9.17, 15) is 4.79 Å². The third-order valence-corrected chi connectivity index (χ3v) is 3.47. The van der Waals surface area contributed by atoms with Crippen LogP contribution in [0.2, 0.25) is 0 Å². The summed E-state index contributed by atoms with van der Waals surface area (Å²) in [5.41, 5.74) is 6.60. The molecule has 1 amide bonds. The van der Waals surface area contributed by atoms with E-state index in [1.165, 1.54) is 0 Å². The quantitative estimate of drug-likeness (QED) is 0.712. The molecule has 1 aromatic carbocycles. The number of carbonyl (C=O) groups excluding carboxylic acids is 1. The summed E-state index contributed by atoms with van der Waals surface area (Å²) in [6.45, 7) is 7.65. The number of nitrogens with two attached hydrogens (primary N) is 1. The number of rotatable bonds is 9. The van der Waals surface area contributed by atoms with Gasteiger partial charge in [0.1, 0.15) is 5.75 Å². The van der Waals surface area contributed by atoms with Gasteiger partial charge in [-0.2, -0.15) is 0 Å². The molecule has 0 heterocycles. The number of benzene rings is 1. The molecule has 2 N–H and O–H groups in total. The zero-order chi connectivity index (χ0) is 15.7. The van der Waals surface area contributed by atoms with Crippen LogP contribution >= 0.6 is 0 Å². The Labute approximate surface area is 128 Å². The zero-order valence-electron chi connectivity index (χ0n) is 13.5. The normalized spacial score (nSPS) is 10.7. The molecular formula is C17H28N2O2. The molecule has 1 aromatic rings. The molecule has 0 fully saturated rings. The summed E-state index contributed by atoms with van der Waals surface area (Å²) in [4.78, 5) is 14.1. The van der Waals surface area contributed by atoms with Crippen molar-refractivity contribution in [3.63, 3.8) is 0 Å². The highest BCUT2D eigenvalue weighted by Gasteiger charge is 2.16. The molecule has 0 aliphatic heterocycles. The van der Waals surface area contributed by atoms with E-state index in [1.54, 1.807) is 0 Å². The van der Waals surface area contributed by atoms with Crippen molar-refractivity contribution in [2.75, 3.05) is 13.2 Å². The zero-order valence-corrected chi connectivity index (χ0v) is 13.5. The molecule has 0 spiro atoms. The van der Waals surface area contributed by atoms with Crippen LogP contribution in [-0.2, 0) is 11.3 Å². The van der Waals surface area contributed by atoms with Crippen molar-refractivity contribution in [3.8, 4) is 5.75 Å². The molecule has 1 rings (SSSR count). The Bertz CT molecular complexity index is 415. The van der Waals surface area contributed by atoms with Crippen molar-refractivity contribution >= 4 is 5.91 Å². The second-order valence-corrected chi connectivity index (χ2v) is 5.52. The Kier molecular flexibility index (Phi) is 7.83. The largest absolute Gasteiger partial charge is 0.484 e. The number of nitrogens with zero attached hydrogens (tertiary/aromatic N) is 1. The predicted molar refractivity (Wildman–Crippen MR) is 86.2 cm³/mol. The molecule has 0 aliphatic carbocycles. The number of ether oxygens (including phenoxy) is 1. The third-order valence-electron chi connectivity index (χ3n) is 3.47. The maximum absolute atomic E-state index is 12.3. The van der Waals surface area contributed by atoms with E-state index in [0.29, 0.717) is 12.3 Å². The van der Waals surface area contributed by atoms with E-state index in [1.807, 2.05) is 43.0 Å². The van der Waals surface area contributed by atoms with Gasteiger partial charge < -0.3 is 15.4 Å². The van der Waals surface area contributed by atoms with Crippen LogP contribution in [0.1, 0.15) is 45.6 Å². The van der Waals surface area contributed by atoms with E-state index in [-0.39, 0.29) is 18.6 Å². The van der Waals surface area contributed by atoms with Gasteiger partial charge in [-0.15, -0.1) is 0 Å². The van der Waals surface area contributed by atoms with Gasteiger partial charge in [-0.05, 0) is 38.0 Å². The number of hydrogen-bond donors (Lipinski definition) is 1. The van der Waals surface area contributed by atoms with E-state index in [4.69, 9.17) is 10.5 Å². The summed E-state index contributed by atoms with van der Waals surface area (Å²) in [6.07, 6.45) is 3.35. The van der Waals surface area contributed by atoms with Crippen LogP contribution in [0.25, 0.3) is 0 Å². The van der Waals surface area contributed by atoms with Gasteiger partial charge in [0.05, 0.1) is 0 Å². The molecule has 118 valence electrons. The monoisotopic (exact) mass is 292 g/mol. The first kappa shape index (κ1) is 17.5. The number of hydrogen-bond acceptors (Lipinski definition) is 3. The SMILES string of the molecule is CCCCCN(C(=O)COc1ccc(CN)cc1)C(C)C. The van der Waals surface area contributed by atoms with Crippen molar-refractivity contribution in [3.05, 3.63) is 29.8 Å². The Morgan fingerprint density at radius 3 is 2.43 bits per heavy atom. The fraction of sp³-hybridized carbons (Fsp3) is 0.588. The number of amides is 1. The van der Waals surface area contributed by atoms with Crippen molar-refractivity contribution in [1.82, 2.24) is 4.90 Å². The van der Waals surface area contributed by atoms with Crippen LogP contribution < -0.4 is 10.5 Å². The van der Waals surface area contributed by atoms with Crippen LogP contribution in [0, 0.1) is 0 Å². The van der Waals surface area contributed by atoms with Crippen LogP contribution in [-0.4, -0.2) is 30.0 Å². The Morgan fingerprint density at radius 2 is 1.90 bits per heavy atom. The lowest BCUT2D eigenvalue weighted by molar-refractivity contribution is -0.135. The van der Waals surface area contributed by atoms with Crippen molar-refractivity contribution in [1.29, 1.82) is 0 Å². The lowest BCUT2D eigenvalue weighted by Gasteiger charge is -2.26. The highest BCUT2D eigenvalue weighted by molar-refractivity contribution is 5.78. The van der Waals surface area contributed by atoms with Gasteiger partial charge in [0.2, 0.25) is 0 Å². The molecule has 0 saturated carbocycles. The minimum Gasteiger partial charge on any atom is -0.484 e. The highest BCUT2D eigenvalue weighted by atomic mass is 16.5. The van der Waals surface area contributed by atoms with Gasteiger partial charge in [0.15, 0.2) is 6.61 Å². The molecule has 4 nitrogen and oxygen atoms in total. The summed E-state index contributed by atoms with van der Waals surface area (Å²) >= 11 is 0. The molecule has 4 heteroatoms. The summed E-state index contributed by atoms with van der Waals surface area (Å²) in [5, 5.41) is 0. The van der Waals surface area contributed by atoms with Crippen LogP contribution in [0.4, 0.5) is 0 Å². The molecule has 0 atom stereocenters. The molecule has 0 aliphatic rings. The van der Waals surface area contributed by atoms with Crippen molar-refractivity contribution in [2.24, 2.45) is 5.73 Å². The van der Waals surface area contributed by atoms with Gasteiger partial charge in [0.25, 0.3) is 5.91 Å². The first-order valence-corrected chi connectivity index (χ1v) is 7.79. The summed E-state index contributed by atoms with van der Waals surface area (Å²) in [5.74, 6) is 0.752. The average Bonchev–Trinajstić information content (AvgIpc) is 2.49. The Balaban J connectivity index is 2.48. The molecule has 0 bridgehead atoms. The molecular weight excluding hydrogens is 264 g/mol. The third kappa shape index (κ3) is 6.17. The molecule has 0 aromatic heterocycles. The van der Waals surface area contributed by atoms with E-state index < -0.39 is 0 Å². The smallest absolute Gasteiger partial charge is 0.260 e. The predicted octanol–water partition coefficient (Wildman–Crippen LogP) is 2.95. The minimum atomic E-state index is 0.0454. The first-order chi connectivity index (χ1) is 10.1. The van der Waals surface area contributed by atoms with Gasteiger partial charge in [-0.3, -0.25) is 4.79 Å².